The summed E-state index contributed by atoms with van der Waals surface area (Å²) >= 11 is 6.04. The van der Waals surface area contributed by atoms with E-state index in [-0.39, 0.29) is 5.78 Å². The van der Waals surface area contributed by atoms with Crippen molar-refractivity contribution >= 4 is 17.4 Å². The molecule has 1 aromatic carbocycles. The number of hydrogen-bond acceptors (Lipinski definition) is 3. The second-order valence-corrected chi connectivity index (χ2v) is 4.63. The van der Waals surface area contributed by atoms with Crippen LogP contribution in [0.15, 0.2) is 18.2 Å². The molecule has 1 aromatic rings. The minimum atomic E-state index is -0.849. The van der Waals surface area contributed by atoms with Crippen molar-refractivity contribution in [3.8, 4) is 11.8 Å². The molecule has 1 aliphatic carbocycles. The molecule has 0 aromatic heterocycles. The summed E-state index contributed by atoms with van der Waals surface area (Å²) in [7, 11) is 1.54. The second kappa shape index (κ2) is 4.38. The molecule has 0 aliphatic heterocycles. The first-order valence-electron chi connectivity index (χ1n) is 5.42. The van der Waals surface area contributed by atoms with Crippen LogP contribution in [0.1, 0.15) is 29.6 Å². The Kier molecular flexibility index (Phi) is 3.08. The van der Waals surface area contributed by atoms with Gasteiger partial charge in [0.25, 0.3) is 0 Å². The van der Waals surface area contributed by atoms with Crippen molar-refractivity contribution in [3.05, 3.63) is 28.8 Å². The number of halogens is 1. The quantitative estimate of drug-likeness (QED) is 0.773. The van der Waals surface area contributed by atoms with E-state index in [4.69, 9.17) is 21.6 Å². The number of hydrogen-bond donors (Lipinski definition) is 0. The highest BCUT2D eigenvalue weighted by Crippen LogP contribution is 2.44. The zero-order chi connectivity index (χ0) is 12.5. The largest absolute Gasteiger partial charge is 0.497 e. The van der Waals surface area contributed by atoms with Gasteiger partial charge < -0.3 is 4.74 Å². The van der Waals surface area contributed by atoms with Gasteiger partial charge in [-0.2, -0.15) is 5.26 Å². The molecule has 0 unspecified atom stereocenters. The van der Waals surface area contributed by atoms with Gasteiger partial charge in [0, 0.05) is 5.56 Å². The molecule has 0 atom stereocenters. The summed E-state index contributed by atoms with van der Waals surface area (Å²) in [6.45, 7) is 0. The van der Waals surface area contributed by atoms with E-state index in [1.54, 1.807) is 18.2 Å². The first-order valence-corrected chi connectivity index (χ1v) is 5.80. The molecule has 4 heteroatoms. The molecule has 0 bridgehead atoms. The molecule has 0 radical (unpaired) electrons. The number of ether oxygens (including phenoxy) is 1. The highest BCUT2D eigenvalue weighted by molar-refractivity contribution is 6.34. The van der Waals surface area contributed by atoms with Crippen LogP contribution >= 0.6 is 11.6 Å². The summed E-state index contributed by atoms with van der Waals surface area (Å²) < 4.78 is 5.02. The van der Waals surface area contributed by atoms with E-state index in [0.717, 1.165) is 6.42 Å². The lowest BCUT2D eigenvalue weighted by atomic mass is 9.65. The van der Waals surface area contributed by atoms with Gasteiger partial charge in [-0.25, -0.2) is 0 Å². The van der Waals surface area contributed by atoms with Gasteiger partial charge in [-0.3, -0.25) is 4.79 Å². The summed E-state index contributed by atoms with van der Waals surface area (Å²) in [6.07, 6.45) is 2.18. The van der Waals surface area contributed by atoms with Gasteiger partial charge in [0.05, 0.1) is 18.2 Å². The van der Waals surface area contributed by atoms with Gasteiger partial charge in [0.2, 0.25) is 0 Å². The van der Waals surface area contributed by atoms with Gasteiger partial charge >= 0.3 is 0 Å². The molecule has 0 N–H and O–H groups in total. The summed E-state index contributed by atoms with van der Waals surface area (Å²) in [4.78, 5) is 12.3. The fourth-order valence-electron chi connectivity index (χ4n) is 1.98. The lowest BCUT2D eigenvalue weighted by Crippen LogP contribution is -2.36. The number of rotatable bonds is 3. The molecule has 0 spiro atoms. The Morgan fingerprint density at radius 1 is 1.53 bits per heavy atom. The van der Waals surface area contributed by atoms with Crippen LogP contribution in [-0.4, -0.2) is 12.9 Å². The third-order valence-electron chi connectivity index (χ3n) is 3.28. The summed E-state index contributed by atoms with van der Waals surface area (Å²) in [6, 6.07) is 7.03. The monoisotopic (exact) mass is 249 g/mol. The molecule has 2 rings (SSSR count). The number of ketones is 1. The van der Waals surface area contributed by atoms with Crippen LogP contribution in [0.5, 0.6) is 5.75 Å². The predicted molar refractivity (Wildman–Crippen MR) is 64.2 cm³/mol. The fourth-order valence-corrected chi connectivity index (χ4v) is 2.24. The molecule has 0 saturated heterocycles. The molecule has 1 fully saturated rings. The third kappa shape index (κ3) is 1.89. The highest BCUT2D eigenvalue weighted by atomic mass is 35.5. The first-order chi connectivity index (χ1) is 8.13. The molecular weight excluding hydrogens is 238 g/mol. The van der Waals surface area contributed by atoms with Crippen molar-refractivity contribution in [2.24, 2.45) is 5.41 Å². The molecule has 17 heavy (non-hydrogen) atoms. The molecule has 0 heterocycles. The van der Waals surface area contributed by atoms with E-state index in [1.807, 2.05) is 0 Å². The number of benzene rings is 1. The molecule has 88 valence electrons. The lowest BCUT2D eigenvalue weighted by molar-refractivity contribution is 0.0748. The number of nitrogens with zero attached hydrogens (tertiary/aromatic N) is 1. The number of Topliss-reactive ketones (excluding diaryl/α,β-unsaturated/α-hetero) is 1. The molecular formula is C13H12ClNO2. The second-order valence-electron chi connectivity index (χ2n) is 4.22. The van der Waals surface area contributed by atoms with Crippen molar-refractivity contribution in [2.75, 3.05) is 7.11 Å². The van der Waals surface area contributed by atoms with Crippen molar-refractivity contribution < 1.29 is 9.53 Å². The fraction of sp³-hybridized carbons (Fsp3) is 0.385. The van der Waals surface area contributed by atoms with E-state index >= 15 is 0 Å². The molecule has 1 aliphatic rings. The molecule has 3 nitrogen and oxygen atoms in total. The van der Waals surface area contributed by atoms with Crippen molar-refractivity contribution in [1.29, 1.82) is 5.26 Å². The van der Waals surface area contributed by atoms with E-state index in [0.29, 0.717) is 29.2 Å². The van der Waals surface area contributed by atoms with E-state index < -0.39 is 5.41 Å². The van der Waals surface area contributed by atoms with Gasteiger partial charge in [0.15, 0.2) is 5.78 Å². The Morgan fingerprint density at radius 3 is 2.65 bits per heavy atom. The van der Waals surface area contributed by atoms with Crippen LogP contribution in [0.2, 0.25) is 5.02 Å². The minimum absolute atomic E-state index is 0.168. The normalized spacial score (nSPS) is 16.8. The van der Waals surface area contributed by atoms with Gasteiger partial charge in [-0.05, 0) is 37.5 Å². The maximum atomic E-state index is 12.3. The average Bonchev–Trinajstić information content (AvgIpc) is 2.28. The summed E-state index contributed by atoms with van der Waals surface area (Å²) in [5, 5.41) is 9.46. The number of methoxy groups -OCH3 is 1. The minimum Gasteiger partial charge on any atom is -0.497 e. The Balaban J connectivity index is 2.35. The average molecular weight is 250 g/mol. The highest BCUT2D eigenvalue weighted by Gasteiger charge is 2.45. The van der Waals surface area contributed by atoms with Gasteiger partial charge in [-0.15, -0.1) is 0 Å². The molecule has 1 saturated carbocycles. The standard InChI is InChI=1S/C13H12ClNO2/c1-17-9-3-4-10(11(14)7-9)12(16)13(8-15)5-2-6-13/h3-4,7H,2,5-6H2,1H3. The van der Waals surface area contributed by atoms with Crippen molar-refractivity contribution in [1.82, 2.24) is 0 Å². The first kappa shape index (κ1) is 11.9. The maximum Gasteiger partial charge on any atom is 0.184 e. The topological polar surface area (TPSA) is 50.1 Å². The van der Waals surface area contributed by atoms with E-state index in [1.165, 1.54) is 7.11 Å². The van der Waals surface area contributed by atoms with Gasteiger partial charge in [0.1, 0.15) is 11.2 Å². The number of carbonyl (C=O) groups excluding carboxylic acids is 1. The Bertz CT molecular complexity index is 501. The summed E-state index contributed by atoms with van der Waals surface area (Å²) in [5.41, 5.74) is -0.438. The van der Waals surface area contributed by atoms with Gasteiger partial charge in [-0.1, -0.05) is 11.6 Å². The zero-order valence-corrected chi connectivity index (χ0v) is 10.3. The van der Waals surface area contributed by atoms with E-state index in [9.17, 15) is 4.79 Å². The SMILES string of the molecule is COc1ccc(C(=O)C2(C#N)CCC2)c(Cl)c1. The zero-order valence-electron chi connectivity index (χ0n) is 9.50. The Morgan fingerprint density at radius 2 is 2.24 bits per heavy atom. The molecule has 0 amide bonds. The Labute approximate surface area is 105 Å². The van der Waals surface area contributed by atoms with Crippen LogP contribution in [0.25, 0.3) is 0 Å². The van der Waals surface area contributed by atoms with E-state index in [2.05, 4.69) is 6.07 Å². The summed E-state index contributed by atoms with van der Waals surface area (Å²) in [5.74, 6) is 0.435. The van der Waals surface area contributed by atoms with Crippen molar-refractivity contribution in [2.45, 2.75) is 19.3 Å². The lowest BCUT2D eigenvalue weighted by Gasteiger charge is -2.33. The van der Waals surface area contributed by atoms with Crippen LogP contribution in [-0.2, 0) is 0 Å². The third-order valence-corrected chi connectivity index (χ3v) is 3.59. The van der Waals surface area contributed by atoms with Crippen LogP contribution < -0.4 is 4.74 Å². The smallest absolute Gasteiger partial charge is 0.184 e. The predicted octanol–water partition coefficient (Wildman–Crippen LogP) is 3.23. The number of carbonyl (C=O) groups is 1. The number of nitriles is 1. The van der Waals surface area contributed by atoms with Crippen molar-refractivity contribution in [3.63, 3.8) is 0 Å². The van der Waals surface area contributed by atoms with Crippen LogP contribution in [0.3, 0.4) is 0 Å². The van der Waals surface area contributed by atoms with Crippen LogP contribution in [0.4, 0.5) is 0 Å². The van der Waals surface area contributed by atoms with Crippen LogP contribution in [0, 0.1) is 16.7 Å². The maximum absolute atomic E-state index is 12.3. The Hall–Kier alpha value is -1.53.